The predicted octanol–water partition coefficient (Wildman–Crippen LogP) is 2.03. The van der Waals surface area contributed by atoms with Gasteiger partial charge in [0.15, 0.2) is 5.43 Å². The second kappa shape index (κ2) is 4.10. The zero-order valence-electron chi connectivity index (χ0n) is 7.68. The lowest BCUT2D eigenvalue weighted by atomic mass is 10.1. The second-order valence-electron chi connectivity index (χ2n) is 3.05. The van der Waals surface area contributed by atoms with Crippen LogP contribution >= 0.6 is 0 Å². The summed E-state index contributed by atoms with van der Waals surface area (Å²) in [7, 11) is 0. The van der Waals surface area contributed by atoms with Gasteiger partial charge < -0.3 is 4.98 Å². The van der Waals surface area contributed by atoms with Gasteiger partial charge in [0.05, 0.1) is 0 Å². The number of nitrogens with one attached hydrogen (secondary N) is 1. The Morgan fingerprint density at radius 1 is 1.50 bits per heavy atom. The lowest BCUT2D eigenvalue weighted by Gasteiger charge is -2.02. The molecule has 1 aromatic heterocycles. The fourth-order valence-electron chi connectivity index (χ4n) is 1.28. The van der Waals surface area contributed by atoms with Crippen molar-refractivity contribution in [2.24, 2.45) is 0 Å². The van der Waals surface area contributed by atoms with Crippen LogP contribution in [0.25, 0.3) is 0 Å². The number of hydrogen-bond acceptors (Lipinski definition) is 1. The number of aromatic nitrogens is 1. The Morgan fingerprint density at radius 2 is 2.25 bits per heavy atom. The summed E-state index contributed by atoms with van der Waals surface area (Å²) in [5.74, 6) is 0. The highest BCUT2D eigenvalue weighted by Gasteiger charge is 2.01. The van der Waals surface area contributed by atoms with Crippen molar-refractivity contribution in [1.29, 1.82) is 0 Å². The van der Waals surface area contributed by atoms with E-state index in [1.165, 1.54) is 0 Å². The van der Waals surface area contributed by atoms with Crippen LogP contribution < -0.4 is 5.43 Å². The topological polar surface area (TPSA) is 32.9 Å². The summed E-state index contributed by atoms with van der Waals surface area (Å²) >= 11 is 0. The fourth-order valence-corrected chi connectivity index (χ4v) is 1.28. The van der Waals surface area contributed by atoms with Crippen molar-refractivity contribution in [2.75, 3.05) is 0 Å². The Morgan fingerprint density at radius 3 is 2.83 bits per heavy atom. The van der Waals surface area contributed by atoms with Crippen molar-refractivity contribution < 1.29 is 0 Å². The van der Waals surface area contributed by atoms with E-state index in [0.29, 0.717) is 0 Å². The first-order chi connectivity index (χ1) is 5.75. The van der Waals surface area contributed by atoms with Crippen LogP contribution in [0.2, 0.25) is 0 Å². The van der Waals surface area contributed by atoms with Crippen molar-refractivity contribution in [3.63, 3.8) is 0 Å². The molecule has 0 fully saturated rings. The molecule has 0 aliphatic rings. The molecule has 0 saturated carbocycles. The molecule has 0 spiro atoms. The van der Waals surface area contributed by atoms with Gasteiger partial charge in [0.2, 0.25) is 0 Å². The first kappa shape index (κ1) is 9.04. The minimum atomic E-state index is 0.166. The molecule has 0 bridgehead atoms. The monoisotopic (exact) mass is 165 g/mol. The van der Waals surface area contributed by atoms with Gasteiger partial charge >= 0.3 is 0 Å². The lowest BCUT2D eigenvalue weighted by Crippen LogP contribution is -2.10. The van der Waals surface area contributed by atoms with Gasteiger partial charge in [0.25, 0.3) is 0 Å². The summed E-state index contributed by atoms with van der Waals surface area (Å²) in [6, 6.07) is 1.60. The molecule has 0 atom stereocenters. The number of hydrogen-bond donors (Lipinski definition) is 1. The third-order valence-corrected chi connectivity index (χ3v) is 2.06. The van der Waals surface area contributed by atoms with Crippen LogP contribution in [0, 0.1) is 6.92 Å². The first-order valence-corrected chi connectivity index (χ1v) is 4.43. The highest BCUT2D eigenvalue weighted by Crippen LogP contribution is 2.02. The number of H-pyrrole nitrogens is 1. The number of pyridine rings is 1. The molecule has 1 aromatic rings. The molecule has 0 aliphatic heterocycles. The average Bonchev–Trinajstić information content (AvgIpc) is 2.04. The van der Waals surface area contributed by atoms with E-state index < -0.39 is 0 Å². The van der Waals surface area contributed by atoms with E-state index in [2.05, 4.69) is 11.9 Å². The molecule has 1 rings (SSSR count). The summed E-state index contributed by atoms with van der Waals surface area (Å²) in [5.41, 5.74) is 2.12. The lowest BCUT2D eigenvalue weighted by molar-refractivity contribution is 0.782. The predicted molar refractivity (Wildman–Crippen MR) is 50.4 cm³/mol. The zero-order valence-corrected chi connectivity index (χ0v) is 7.68. The van der Waals surface area contributed by atoms with Gasteiger partial charge in [-0.3, -0.25) is 4.79 Å². The maximum Gasteiger partial charge on any atom is 0.184 e. The van der Waals surface area contributed by atoms with Crippen molar-refractivity contribution in [3.05, 3.63) is 33.7 Å². The molecule has 0 saturated heterocycles. The number of aryl methyl sites for hydroxylation is 1. The number of aromatic amines is 1. The highest BCUT2D eigenvalue weighted by molar-refractivity contribution is 5.18. The van der Waals surface area contributed by atoms with Crippen LogP contribution in [0.4, 0.5) is 0 Å². The standard InChI is InChI=1S/C10H15NO/c1-3-4-5-9-8(2)11-7-6-10(9)12/h6-7H,3-5H2,1-2H3,(H,11,12). The van der Waals surface area contributed by atoms with E-state index in [4.69, 9.17) is 0 Å². The SMILES string of the molecule is CCCCc1c(C)[nH]ccc1=O. The van der Waals surface area contributed by atoms with Crippen LogP contribution in [0.5, 0.6) is 0 Å². The Kier molecular flexibility index (Phi) is 3.09. The van der Waals surface area contributed by atoms with Crippen LogP contribution in [-0.2, 0) is 6.42 Å². The van der Waals surface area contributed by atoms with Crippen molar-refractivity contribution in [2.45, 2.75) is 33.1 Å². The van der Waals surface area contributed by atoms with Gasteiger partial charge in [-0.1, -0.05) is 13.3 Å². The summed E-state index contributed by atoms with van der Waals surface area (Å²) in [5, 5.41) is 0. The maximum absolute atomic E-state index is 11.3. The summed E-state index contributed by atoms with van der Waals surface area (Å²) in [4.78, 5) is 14.4. The molecular weight excluding hydrogens is 150 g/mol. The molecule has 1 heterocycles. The minimum Gasteiger partial charge on any atom is -0.365 e. The first-order valence-electron chi connectivity index (χ1n) is 4.43. The van der Waals surface area contributed by atoms with E-state index in [1.807, 2.05) is 6.92 Å². The Labute approximate surface area is 72.6 Å². The Hall–Kier alpha value is -1.05. The summed E-state index contributed by atoms with van der Waals surface area (Å²) in [6.07, 6.45) is 4.83. The molecule has 2 nitrogen and oxygen atoms in total. The molecule has 0 aromatic carbocycles. The van der Waals surface area contributed by atoms with E-state index >= 15 is 0 Å². The van der Waals surface area contributed by atoms with Gasteiger partial charge in [-0.2, -0.15) is 0 Å². The van der Waals surface area contributed by atoms with Gasteiger partial charge in [-0.05, 0) is 19.8 Å². The third-order valence-electron chi connectivity index (χ3n) is 2.06. The normalized spacial score (nSPS) is 10.2. The smallest absolute Gasteiger partial charge is 0.184 e. The molecule has 1 N–H and O–H groups in total. The third kappa shape index (κ3) is 1.97. The molecule has 2 heteroatoms. The second-order valence-corrected chi connectivity index (χ2v) is 3.05. The average molecular weight is 165 g/mol. The molecule has 12 heavy (non-hydrogen) atoms. The largest absolute Gasteiger partial charge is 0.365 e. The number of rotatable bonds is 3. The number of unbranched alkanes of at least 4 members (excludes halogenated alkanes) is 1. The zero-order chi connectivity index (χ0) is 8.97. The maximum atomic E-state index is 11.3. The molecule has 0 unspecified atom stereocenters. The van der Waals surface area contributed by atoms with Crippen LogP contribution in [0.15, 0.2) is 17.1 Å². The van der Waals surface area contributed by atoms with E-state index in [9.17, 15) is 4.79 Å². The van der Waals surface area contributed by atoms with Crippen LogP contribution in [-0.4, -0.2) is 4.98 Å². The molecule has 0 aliphatic carbocycles. The quantitative estimate of drug-likeness (QED) is 0.730. The Bertz CT molecular complexity index is 301. The summed E-state index contributed by atoms with van der Waals surface area (Å²) < 4.78 is 0. The van der Waals surface area contributed by atoms with Crippen molar-refractivity contribution in [1.82, 2.24) is 4.98 Å². The van der Waals surface area contributed by atoms with Gasteiger partial charge in [-0.15, -0.1) is 0 Å². The highest BCUT2D eigenvalue weighted by atomic mass is 16.1. The van der Waals surface area contributed by atoms with Gasteiger partial charge in [-0.25, -0.2) is 0 Å². The van der Waals surface area contributed by atoms with Gasteiger partial charge in [0, 0.05) is 23.5 Å². The van der Waals surface area contributed by atoms with Crippen molar-refractivity contribution >= 4 is 0 Å². The summed E-state index contributed by atoms with van der Waals surface area (Å²) in [6.45, 7) is 4.08. The van der Waals surface area contributed by atoms with E-state index in [0.717, 1.165) is 30.5 Å². The molecule has 0 amide bonds. The van der Waals surface area contributed by atoms with E-state index in [1.54, 1.807) is 12.3 Å². The fraction of sp³-hybridized carbons (Fsp3) is 0.500. The minimum absolute atomic E-state index is 0.166. The molecule has 0 radical (unpaired) electrons. The van der Waals surface area contributed by atoms with Crippen LogP contribution in [0.1, 0.15) is 31.0 Å². The molecular formula is C10H15NO. The van der Waals surface area contributed by atoms with Crippen molar-refractivity contribution in [3.8, 4) is 0 Å². The van der Waals surface area contributed by atoms with Gasteiger partial charge in [0.1, 0.15) is 0 Å². The Balaban J connectivity index is 2.89. The molecule has 66 valence electrons. The van der Waals surface area contributed by atoms with E-state index in [-0.39, 0.29) is 5.43 Å². The van der Waals surface area contributed by atoms with Crippen LogP contribution in [0.3, 0.4) is 0 Å².